The highest BCUT2D eigenvalue weighted by molar-refractivity contribution is 5.80. The van der Waals surface area contributed by atoms with Gasteiger partial charge in [-0.05, 0) is 48.3 Å². The van der Waals surface area contributed by atoms with Crippen LogP contribution in [0.2, 0.25) is 0 Å². The zero-order chi connectivity index (χ0) is 28.9. The normalized spacial score (nSPS) is 10.3. The minimum atomic E-state index is -0.139. The molecule has 0 spiro atoms. The monoisotopic (exact) mass is 498 g/mol. The van der Waals surface area contributed by atoms with Gasteiger partial charge >= 0.3 is 0 Å². The molecule has 0 fully saturated rings. The first kappa shape index (κ1) is 38.6. The number of Topliss-reactive ketones (excluding diaryl/α,β-unsaturated/α-hetero) is 1. The summed E-state index contributed by atoms with van der Waals surface area (Å²) < 4.78 is 0. The molecule has 2 aromatic carbocycles. The van der Waals surface area contributed by atoms with E-state index >= 15 is 0 Å². The standard InChI is InChI=1S/C13H20.C10H14.C6H12O.C4H10.C2H6/c1-10(2)11-6-8-12(9-7-11)13(3,4)5;1-3-4-10-7-5-9(2)6-8-10;1-5(7)6(2,3)4;1-3-4-2;1-2/h6-10H,1-5H3;5-8H,3-4H2,1-2H3;1-4H3;3-4H2,1-2H3;1-2H3. The predicted molar refractivity (Wildman–Crippen MR) is 166 cm³/mol. The molecule has 208 valence electrons. The van der Waals surface area contributed by atoms with Gasteiger partial charge in [0.05, 0.1) is 0 Å². The van der Waals surface area contributed by atoms with Gasteiger partial charge in [-0.1, -0.05) is 163 Å². The fourth-order valence-corrected chi connectivity index (χ4v) is 2.41. The Labute approximate surface area is 227 Å². The zero-order valence-corrected chi connectivity index (χ0v) is 26.9. The molecule has 0 aliphatic carbocycles. The molecule has 0 amide bonds. The Morgan fingerprint density at radius 2 is 1.11 bits per heavy atom. The van der Waals surface area contributed by atoms with Gasteiger partial charge in [-0.15, -0.1) is 0 Å². The fraction of sp³-hybridized carbons (Fsp3) is 0.629. The molecule has 1 heteroatoms. The van der Waals surface area contributed by atoms with Crippen molar-refractivity contribution in [1.29, 1.82) is 0 Å². The lowest BCUT2D eigenvalue weighted by atomic mass is 9.86. The molecule has 2 rings (SSSR count). The second-order valence-corrected chi connectivity index (χ2v) is 11.6. The fourth-order valence-electron chi connectivity index (χ4n) is 2.41. The van der Waals surface area contributed by atoms with E-state index in [9.17, 15) is 4.79 Å². The Bertz CT molecular complexity index is 748. The predicted octanol–water partition coefficient (Wildman–Crippen LogP) is 11.5. The molecule has 0 saturated heterocycles. The second kappa shape index (κ2) is 21.2. The van der Waals surface area contributed by atoms with E-state index in [0.29, 0.717) is 5.92 Å². The highest BCUT2D eigenvalue weighted by Gasteiger charge is 2.14. The smallest absolute Gasteiger partial charge is 0.135 e. The van der Waals surface area contributed by atoms with Crippen LogP contribution in [0, 0.1) is 12.3 Å². The minimum absolute atomic E-state index is 0.139. The molecule has 0 aliphatic rings. The zero-order valence-electron chi connectivity index (χ0n) is 26.9. The average Bonchev–Trinajstić information content (AvgIpc) is 2.82. The van der Waals surface area contributed by atoms with Gasteiger partial charge in [-0.3, -0.25) is 4.79 Å². The van der Waals surface area contributed by atoms with Crippen molar-refractivity contribution in [3.05, 3.63) is 70.8 Å². The molecule has 0 unspecified atom stereocenters. The summed E-state index contributed by atoms with van der Waals surface area (Å²) >= 11 is 0. The number of unbranched alkanes of at least 4 members (excludes halogenated alkanes) is 1. The van der Waals surface area contributed by atoms with Gasteiger partial charge in [0, 0.05) is 5.41 Å². The third kappa shape index (κ3) is 21.4. The first-order valence-electron chi connectivity index (χ1n) is 14.3. The van der Waals surface area contributed by atoms with E-state index in [2.05, 4.69) is 111 Å². The highest BCUT2D eigenvalue weighted by Crippen LogP contribution is 2.24. The molecule has 0 N–H and O–H groups in total. The SMILES string of the molecule is CC.CC(=O)C(C)(C)C.CC(C)c1ccc(C(C)(C)C)cc1.CCCC.CCCc1ccc(C)cc1. The van der Waals surface area contributed by atoms with Crippen molar-refractivity contribution in [3.63, 3.8) is 0 Å². The summed E-state index contributed by atoms with van der Waals surface area (Å²) in [6, 6.07) is 17.7. The first-order chi connectivity index (χ1) is 16.6. The molecule has 0 aliphatic heterocycles. The molecular weight excluding hydrogens is 436 g/mol. The lowest BCUT2D eigenvalue weighted by Crippen LogP contribution is -2.15. The summed E-state index contributed by atoms with van der Waals surface area (Å²) in [4.78, 5) is 10.5. The van der Waals surface area contributed by atoms with Gasteiger partial charge in [0.1, 0.15) is 5.78 Å². The van der Waals surface area contributed by atoms with Crippen molar-refractivity contribution < 1.29 is 4.79 Å². The van der Waals surface area contributed by atoms with E-state index in [1.807, 2.05) is 34.6 Å². The minimum Gasteiger partial charge on any atom is -0.299 e. The van der Waals surface area contributed by atoms with Crippen LogP contribution in [-0.2, 0) is 16.6 Å². The van der Waals surface area contributed by atoms with E-state index in [4.69, 9.17) is 0 Å². The highest BCUT2D eigenvalue weighted by atomic mass is 16.1. The third-order valence-corrected chi connectivity index (χ3v) is 5.66. The molecule has 0 heterocycles. The van der Waals surface area contributed by atoms with Crippen LogP contribution < -0.4 is 0 Å². The van der Waals surface area contributed by atoms with Crippen LogP contribution in [0.15, 0.2) is 48.5 Å². The molecule has 36 heavy (non-hydrogen) atoms. The number of aryl methyl sites for hydroxylation is 2. The maximum absolute atomic E-state index is 10.5. The summed E-state index contributed by atoms with van der Waals surface area (Å²) in [5.41, 5.74) is 5.77. The number of ketones is 1. The summed E-state index contributed by atoms with van der Waals surface area (Å²) in [5.74, 6) is 0.876. The summed E-state index contributed by atoms with van der Waals surface area (Å²) in [5, 5.41) is 0. The van der Waals surface area contributed by atoms with Gasteiger partial charge < -0.3 is 0 Å². The summed E-state index contributed by atoms with van der Waals surface area (Å²) in [7, 11) is 0. The van der Waals surface area contributed by atoms with Crippen molar-refractivity contribution >= 4 is 5.78 Å². The number of carbonyl (C=O) groups is 1. The van der Waals surface area contributed by atoms with Gasteiger partial charge in [0.2, 0.25) is 0 Å². The van der Waals surface area contributed by atoms with Crippen LogP contribution in [0.1, 0.15) is 144 Å². The molecule has 0 aromatic heterocycles. The molecular formula is C35H62O. The first-order valence-corrected chi connectivity index (χ1v) is 14.3. The van der Waals surface area contributed by atoms with E-state index < -0.39 is 0 Å². The van der Waals surface area contributed by atoms with E-state index in [1.165, 1.54) is 47.9 Å². The van der Waals surface area contributed by atoms with Crippen LogP contribution in [0.3, 0.4) is 0 Å². The molecule has 0 atom stereocenters. The number of carbonyl (C=O) groups excluding carboxylic acids is 1. The Balaban J connectivity index is -0.000000422. The van der Waals surface area contributed by atoms with E-state index in [1.54, 1.807) is 6.92 Å². The largest absolute Gasteiger partial charge is 0.299 e. The van der Waals surface area contributed by atoms with Crippen LogP contribution in [0.4, 0.5) is 0 Å². The van der Waals surface area contributed by atoms with Crippen molar-refractivity contribution in [3.8, 4) is 0 Å². The maximum Gasteiger partial charge on any atom is 0.135 e. The van der Waals surface area contributed by atoms with E-state index in [0.717, 1.165) is 0 Å². The Kier molecular flexibility index (Phi) is 22.8. The summed E-state index contributed by atoms with van der Waals surface area (Å²) in [6.45, 7) is 31.2. The molecule has 0 bridgehead atoms. The van der Waals surface area contributed by atoms with E-state index in [-0.39, 0.29) is 16.6 Å². The maximum atomic E-state index is 10.5. The van der Waals surface area contributed by atoms with Crippen molar-refractivity contribution in [2.24, 2.45) is 5.41 Å². The second-order valence-electron chi connectivity index (χ2n) is 11.6. The topological polar surface area (TPSA) is 17.1 Å². The van der Waals surface area contributed by atoms with Crippen LogP contribution in [0.5, 0.6) is 0 Å². The Morgan fingerprint density at radius 1 is 0.722 bits per heavy atom. The van der Waals surface area contributed by atoms with Crippen LogP contribution in [-0.4, -0.2) is 5.78 Å². The molecule has 0 saturated carbocycles. The number of hydrogen-bond acceptors (Lipinski definition) is 1. The Hall–Kier alpha value is -1.89. The lowest BCUT2D eigenvalue weighted by molar-refractivity contribution is -0.124. The van der Waals surface area contributed by atoms with Crippen molar-refractivity contribution in [2.45, 2.75) is 141 Å². The average molecular weight is 499 g/mol. The molecule has 1 nitrogen and oxygen atoms in total. The van der Waals surface area contributed by atoms with Gasteiger partial charge in [-0.25, -0.2) is 0 Å². The number of rotatable bonds is 4. The van der Waals surface area contributed by atoms with Crippen molar-refractivity contribution in [2.75, 3.05) is 0 Å². The quantitative estimate of drug-likeness (QED) is 0.409. The number of hydrogen-bond donors (Lipinski definition) is 0. The third-order valence-electron chi connectivity index (χ3n) is 5.66. The van der Waals surface area contributed by atoms with Gasteiger partial charge in [0.15, 0.2) is 0 Å². The Morgan fingerprint density at radius 3 is 1.36 bits per heavy atom. The lowest BCUT2D eigenvalue weighted by Gasteiger charge is -2.19. The molecule has 2 aromatic rings. The van der Waals surface area contributed by atoms with Crippen molar-refractivity contribution in [1.82, 2.24) is 0 Å². The summed E-state index contributed by atoms with van der Waals surface area (Å²) in [6.07, 6.45) is 5.09. The van der Waals surface area contributed by atoms with Crippen LogP contribution >= 0.6 is 0 Å². The van der Waals surface area contributed by atoms with Crippen LogP contribution in [0.25, 0.3) is 0 Å². The molecule has 0 radical (unpaired) electrons. The van der Waals surface area contributed by atoms with Gasteiger partial charge in [0.25, 0.3) is 0 Å². The number of benzene rings is 2. The van der Waals surface area contributed by atoms with Gasteiger partial charge in [-0.2, -0.15) is 0 Å².